The summed E-state index contributed by atoms with van der Waals surface area (Å²) in [5, 5.41) is 2.28. The molecule has 0 atom stereocenters. The summed E-state index contributed by atoms with van der Waals surface area (Å²) in [6, 6.07) is 16.7. The summed E-state index contributed by atoms with van der Waals surface area (Å²) in [4.78, 5) is 12.5. The van der Waals surface area contributed by atoms with E-state index in [0.29, 0.717) is 0 Å². The van der Waals surface area contributed by atoms with Gasteiger partial charge in [0.25, 0.3) is 5.91 Å². The van der Waals surface area contributed by atoms with Gasteiger partial charge in [-0.2, -0.15) is 17.5 Å². The van der Waals surface area contributed by atoms with Crippen LogP contribution in [-0.4, -0.2) is 25.7 Å². The minimum Gasteiger partial charge on any atom is -0.322 e. The van der Waals surface area contributed by atoms with Crippen molar-refractivity contribution in [3.05, 3.63) is 94.5 Å². The Morgan fingerprint density at radius 3 is 2.34 bits per heavy atom. The van der Waals surface area contributed by atoms with Crippen LogP contribution in [0.3, 0.4) is 0 Å². The lowest BCUT2D eigenvalue weighted by Gasteiger charge is -2.18. The molecule has 0 saturated carbocycles. The van der Waals surface area contributed by atoms with Gasteiger partial charge in [0.05, 0.1) is 21.0 Å². The molecule has 3 rings (SSSR count). The van der Waals surface area contributed by atoms with E-state index in [1.54, 1.807) is 24.3 Å². The Kier molecular flexibility index (Phi) is 6.92. The predicted molar refractivity (Wildman–Crippen MR) is 116 cm³/mol. The second-order valence-corrected chi connectivity index (χ2v) is 9.37. The number of anilines is 1. The maximum atomic E-state index is 13.0. The Balaban J connectivity index is 1.86. The second kappa shape index (κ2) is 9.32. The van der Waals surface area contributed by atoms with Gasteiger partial charge in [-0.3, -0.25) is 4.79 Å². The number of nitrogens with one attached hydrogen (secondary N) is 1. The monoisotopic (exact) mass is 482 g/mol. The number of hydrogen-bond donors (Lipinski definition) is 1. The number of carbonyl (C=O) groups is 1. The van der Waals surface area contributed by atoms with Gasteiger partial charge in [0.1, 0.15) is 0 Å². The van der Waals surface area contributed by atoms with E-state index in [1.807, 2.05) is 6.07 Å². The van der Waals surface area contributed by atoms with Crippen molar-refractivity contribution < 1.29 is 26.4 Å². The molecule has 5 nitrogen and oxygen atoms in total. The van der Waals surface area contributed by atoms with Crippen molar-refractivity contribution in [2.24, 2.45) is 0 Å². The van der Waals surface area contributed by atoms with Crippen LogP contribution in [-0.2, 0) is 22.7 Å². The van der Waals surface area contributed by atoms with Crippen LogP contribution in [0.1, 0.15) is 21.5 Å². The van der Waals surface area contributed by atoms with Crippen LogP contribution in [0.15, 0.2) is 77.7 Å². The molecule has 32 heavy (non-hydrogen) atoms. The molecule has 1 N–H and O–H groups in total. The van der Waals surface area contributed by atoms with Crippen LogP contribution in [0.5, 0.6) is 0 Å². The molecule has 1 amide bonds. The van der Waals surface area contributed by atoms with Crippen molar-refractivity contribution in [2.75, 3.05) is 12.4 Å². The molecule has 0 aromatic heterocycles. The molecule has 0 radical (unpaired) electrons. The van der Waals surface area contributed by atoms with Crippen molar-refractivity contribution in [1.82, 2.24) is 4.31 Å². The molecule has 0 aliphatic rings. The summed E-state index contributed by atoms with van der Waals surface area (Å²) in [7, 11) is -2.56. The van der Waals surface area contributed by atoms with Gasteiger partial charge in [-0.1, -0.05) is 48.0 Å². The molecule has 0 fully saturated rings. The first kappa shape index (κ1) is 23.8. The highest BCUT2D eigenvalue weighted by Gasteiger charge is 2.30. The molecule has 0 spiro atoms. The molecular formula is C22H18ClF3N2O3S. The van der Waals surface area contributed by atoms with Gasteiger partial charge < -0.3 is 5.32 Å². The third-order valence-electron chi connectivity index (χ3n) is 4.59. The fourth-order valence-electron chi connectivity index (χ4n) is 2.92. The van der Waals surface area contributed by atoms with Gasteiger partial charge in [-0.25, -0.2) is 8.42 Å². The number of benzene rings is 3. The Morgan fingerprint density at radius 2 is 1.69 bits per heavy atom. The Labute approximate surface area is 188 Å². The van der Waals surface area contributed by atoms with E-state index in [2.05, 4.69) is 5.32 Å². The van der Waals surface area contributed by atoms with E-state index in [0.717, 1.165) is 34.1 Å². The van der Waals surface area contributed by atoms with Crippen molar-refractivity contribution in [3.8, 4) is 0 Å². The van der Waals surface area contributed by atoms with Gasteiger partial charge in [-0.05, 0) is 42.0 Å². The maximum Gasteiger partial charge on any atom is 0.416 e. The lowest BCUT2D eigenvalue weighted by atomic mass is 10.1. The highest BCUT2D eigenvalue weighted by Crippen LogP contribution is 2.31. The Morgan fingerprint density at radius 1 is 1.00 bits per heavy atom. The van der Waals surface area contributed by atoms with Gasteiger partial charge >= 0.3 is 6.18 Å². The predicted octanol–water partition coefficient (Wildman–Crippen LogP) is 5.43. The smallest absolute Gasteiger partial charge is 0.322 e. The van der Waals surface area contributed by atoms with Crippen molar-refractivity contribution in [3.63, 3.8) is 0 Å². The second-order valence-electron chi connectivity index (χ2n) is 6.92. The van der Waals surface area contributed by atoms with Crippen LogP contribution in [0.25, 0.3) is 0 Å². The fourth-order valence-corrected chi connectivity index (χ4v) is 4.31. The molecule has 3 aromatic carbocycles. The molecule has 0 aliphatic carbocycles. The van der Waals surface area contributed by atoms with Crippen molar-refractivity contribution in [1.29, 1.82) is 0 Å². The maximum absolute atomic E-state index is 13.0. The highest BCUT2D eigenvalue weighted by atomic mass is 35.5. The summed E-state index contributed by atoms with van der Waals surface area (Å²) in [5.74, 6) is -0.836. The lowest BCUT2D eigenvalue weighted by molar-refractivity contribution is -0.137. The Bertz CT molecular complexity index is 1230. The molecule has 168 valence electrons. The minimum absolute atomic E-state index is 0.0425. The molecule has 3 aromatic rings. The number of amides is 1. The lowest BCUT2D eigenvalue weighted by Crippen LogP contribution is -2.27. The zero-order valence-electron chi connectivity index (χ0n) is 16.7. The SMILES string of the molecule is CN(Cc1ccccc1)S(=O)(=O)c1ccc(Cl)c(C(=O)Nc2cccc(C(F)(F)F)c2)c1. The average Bonchev–Trinajstić information content (AvgIpc) is 2.74. The van der Waals surface area contributed by atoms with E-state index in [1.165, 1.54) is 25.2 Å². The van der Waals surface area contributed by atoms with Crippen LogP contribution in [0.4, 0.5) is 18.9 Å². The summed E-state index contributed by atoms with van der Waals surface area (Å²) in [5.41, 5.74) is -0.441. The summed E-state index contributed by atoms with van der Waals surface area (Å²) in [6.07, 6.45) is -4.57. The Hall–Kier alpha value is -2.88. The molecule has 10 heteroatoms. The van der Waals surface area contributed by atoms with Gasteiger partial charge in [0.2, 0.25) is 10.0 Å². The van der Waals surface area contributed by atoms with Crippen LogP contribution < -0.4 is 5.32 Å². The first-order valence-electron chi connectivity index (χ1n) is 9.27. The normalized spacial score (nSPS) is 12.1. The van der Waals surface area contributed by atoms with E-state index in [4.69, 9.17) is 11.6 Å². The highest BCUT2D eigenvalue weighted by molar-refractivity contribution is 7.89. The molecule has 0 heterocycles. The third kappa shape index (κ3) is 5.48. The third-order valence-corrected chi connectivity index (χ3v) is 6.72. The quantitative estimate of drug-likeness (QED) is 0.509. The molecule has 0 unspecified atom stereocenters. The number of sulfonamides is 1. The fraction of sp³-hybridized carbons (Fsp3) is 0.136. The standard InChI is InChI=1S/C22H18ClF3N2O3S/c1-28(14-15-6-3-2-4-7-15)32(30,31)18-10-11-20(23)19(13-18)21(29)27-17-9-5-8-16(12-17)22(24,25)26/h2-13H,14H2,1H3,(H,27,29). The topological polar surface area (TPSA) is 66.5 Å². The first-order chi connectivity index (χ1) is 15.0. The van der Waals surface area contributed by atoms with E-state index in [-0.39, 0.29) is 27.7 Å². The number of nitrogens with zero attached hydrogens (tertiary/aromatic N) is 1. The van der Waals surface area contributed by atoms with Crippen LogP contribution in [0.2, 0.25) is 5.02 Å². The average molecular weight is 483 g/mol. The molecule has 0 bridgehead atoms. The van der Waals surface area contributed by atoms with Gasteiger partial charge in [0.15, 0.2) is 0 Å². The molecule has 0 saturated heterocycles. The zero-order valence-corrected chi connectivity index (χ0v) is 18.3. The summed E-state index contributed by atoms with van der Waals surface area (Å²) in [6.45, 7) is 0.109. The van der Waals surface area contributed by atoms with Crippen LogP contribution in [0, 0.1) is 0 Å². The summed E-state index contributed by atoms with van der Waals surface area (Å²) < 4.78 is 65.8. The number of carbonyl (C=O) groups excluding carboxylic acids is 1. The number of halogens is 4. The van der Waals surface area contributed by atoms with Gasteiger partial charge in [-0.15, -0.1) is 0 Å². The van der Waals surface area contributed by atoms with Gasteiger partial charge in [0, 0.05) is 19.3 Å². The number of rotatable bonds is 6. The molecule has 0 aliphatic heterocycles. The molecular weight excluding hydrogens is 465 g/mol. The first-order valence-corrected chi connectivity index (χ1v) is 11.1. The largest absolute Gasteiger partial charge is 0.416 e. The minimum atomic E-state index is -4.57. The van der Waals surface area contributed by atoms with E-state index in [9.17, 15) is 26.4 Å². The number of hydrogen-bond acceptors (Lipinski definition) is 3. The van der Waals surface area contributed by atoms with E-state index < -0.39 is 27.7 Å². The summed E-state index contributed by atoms with van der Waals surface area (Å²) >= 11 is 6.07. The van der Waals surface area contributed by atoms with Crippen LogP contribution >= 0.6 is 11.6 Å². The van der Waals surface area contributed by atoms with E-state index >= 15 is 0 Å². The van der Waals surface area contributed by atoms with Crippen molar-refractivity contribution in [2.45, 2.75) is 17.6 Å². The zero-order chi connectivity index (χ0) is 23.5. The van der Waals surface area contributed by atoms with Crippen molar-refractivity contribution >= 4 is 33.2 Å². The number of alkyl halides is 3.